The van der Waals surface area contributed by atoms with Crippen molar-refractivity contribution >= 4 is 17.2 Å². The van der Waals surface area contributed by atoms with Crippen LogP contribution in [0.1, 0.15) is 17.7 Å². The Morgan fingerprint density at radius 1 is 1.21 bits per heavy atom. The molecule has 0 atom stereocenters. The van der Waals surface area contributed by atoms with E-state index in [2.05, 4.69) is 32.0 Å². The van der Waals surface area contributed by atoms with Crippen LogP contribution in [-0.4, -0.2) is 82.3 Å². The van der Waals surface area contributed by atoms with Crippen molar-refractivity contribution in [2.24, 2.45) is 0 Å². The molecule has 130 valence electrons. The third kappa shape index (κ3) is 3.19. The van der Waals surface area contributed by atoms with Gasteiger partial charge in [0, 0.05) is 40.3 Å². The van der Waals surface area contributed by atoms with E-state index in [0.717, 1.165) is 55.2 Å². The minimum absolute atomic E-state index is 0.152. The number of rotatable bonds is 3. The van der Waals surface area contributed by atoms with Crippen molar-refractivity contribution in [1.29, 1.82) is 0 Å². The molecule has 0 radical (unpaired) electrons. The zero-order valence-electron chi connectivity index (χ0n) is 14.9. The molecule has 0 N–H and O–H groups in total. The molecule has 0 unspecified atom stereocenters. The molecule has 2 aromatic heterocycles. The highest BCUT2D eigenvalue weighted by Crippen LogP contribution is 2.26. The molecule has 1 saturated heterocycles. The Balaban J connectivity index is 1.81. The lowest BCUT2D eigenvalue weighted by Crippen LogP contribution is -2.38. The van der Waals surface area contributed by atoms with Gasteiger partial charge in [-0.2, -0.15) is 9.61 Å². The monoisotopic (exact) mass is 331 g/mol. The summed E-state index contributed by atoms with van der Waals surface area (Å²) >= 11 is 0. The molecule has 1 aliphatic rings. The molecule has 24 heavy (non-hydrogen) atoms. The minimum Gasteiger partial charge on any atom is -0.367 e. The van der Waals surface area contributed by atoms with Crippen LogP contribution >= 0.6 is 0 Å². The summed E-state index contributed by atoms with van der Waals surface area (Å²) in [4.78, 5) is 18.2. The van der Waals surface area contributed by atoms with Crippen LogP contribution in [-0.2, 0) is 4.79 Å². The Labute approximate surface area is 142 Å². The van der Waals surface area contributed by atoms with Gasteiger partial charge in [0.1, 0.15) is 6.33 Å². The fraction of sp³-hybridized carbons (Fsp3) is 0.625. The Kier molecular flexibility index (Phi) is 4.66. The van der Waals surface area contributed by atoms with E-state index in [0.29, 0.717) is 6.54 Å². The van der Waals surface area contributed by atoms with Crippen molar-refractivity contribution in [3.8, 4) is 0 Å². The van der Waals surface area contributed by atoms with Crippen LogP contribution in [0.15, 0.2) is 6.33 Å². The normalized spacial score (nSPS) is 16.4. The lowest BCUT2D eigenvalue weighted by molar-refractivity contribution is -0.129. The number of anilines is 1. The summed E-state index contributed by atoms with van der Waals surface area (Å²) in [6, 6.07) is 0. The zero-order chi connectivity index (χ0) is 17.3. The molecule has 0 aliphatic carbocycles. The van der Waals surface area contributed by atoms with Crippen LogP contribution in [0, 0.1) is 13.8 Å². The predicted octanol–water partition coefficient (Wildman–Crippen LogP) is 0.341. The van der Waals surface area contributed by atoms with E-state index in [9.17, 15) is 4.79 Å². The van der Waals surface area contributed by atoms with Crippen LogP contribution in [0.2, 0.25) is 0 Å². The zero-order valence-corrected chi connectivity index (χ0v) is 14.9. The van der Waals surface area contributed by atoms with Gasteiger partial charge in [-0.25, -0.2) is 0 Å². The van der Waals surface area contributed by atoms with Crippen LogP contribution in [0.5, 0.6) is 0 Å². The summed E-state index contributed by atoms with van der Waals surface area (Å²) in [5.41, 5.74) is 4.05. The standard InChI is InChI=1S/C16H25N7O/c1-12-13(2)19-23-11-17-18-16(23)15(12)22-7-5-6-21(8-9-22)10-14(24)20(3)4/h11H,5-10H2,1-4H3. The molecule has 1 fully saturated rings. The summed E-state index contributed by atoms with van der Waals surface area (Å²) in [5, 5.41) is 12.7. The Morgan fingerprint density at radius 3 is 2.75 bits per heavy atom. The molecule has 3 heterocycles. The van der Waals surface area contributed by atoms with E-state index in [1.807, 2.05) is 6.92 Å². The van der Waals surface area contributed by atoms with Gasteiger partial charge in [-0.05, 0) is 25.8 Å². The van der Waals surface area contributed by atoms with Gasteiger partial charge in [0.05, 0.1) is 17.9 Å². The van der Waals surface area contributed by atoms with Gasteiger partial charge >= 0.3 is 0 Å². The van der Waals surface area contributed by atoms with Gasteiger partial charge in [0.25, 0.3) is 0 Å². The first-order valence-electron chi connectivity index (χ1n) is 8.32. The number of nitrogens with zero attached hydrogens (tertiary/aromatic N) is 7. The van der Waals surface area contributed by atoms with E-state index in [-0.39, 0.29) is 5.91 Å². The Hall–Kier alpha value is -2.22. The van der Waals surface area contributed by atoms with Crippen LogP contribution in [0.3, 0.4) is 0 Å². The van der Waals surface area contributed by atoms with Crippen molar-refractivity contribution in [2.75, 3.05) is 51.7 Å². The summed E-state index contributed by atoms with van der Waals surface area (Å²) in [7, 11) is 3.61. The SMILES string of the molecule is Cc1nn2cnnc2c(N2CCCN(CC(=O)N(C)C)CC2)c1C. The second-order valence-electron chi connectivity index (χ2n) is 6.56. The molecule has 8 nitrogen and oxygen atoms in total. The number of carbonyl (C=O) groups is 1. The van der Waals surface area contributed by atoms with Gasteiger partial charge in [0.2, 0.25) is 11.6 Å². The molecule has 0 saturated carbocycles. The summed E-state index contributed by atoms with van der Waals surface area (Å²) < 4.78 is 1.75. The molecule has 3 rings (SSSR count). The van der Waals surface area contributed by atoms with E-state index >= 15 is 0 Å². The van der Waals surface area contributed by atoms with Gasteiger partial charge in [0.15, 0.2) is 0 Å². The average molecular weight is 331 g/mol. The number of aryl methyl sites for hydroxylation is 1. The number of hydrogen-bond donors (Lipinski definition) is 0. The summed E-state index contributed by atoms with van der Waals surface area (Å²) in [5.74, 6) is 0.152. The number of carbonyl (C=O) groups excluding carboxylic acids is 1. The van der Waals surface area contributed by atoms with Crippen molar-refractivity contribution in [3.05, 3.63) is 17.6 Å². The van der Waals surface area contributed by atoms with E-state index in [4.69, 9.17) is 0 Å². The highest BCUT2D eigenvalue weighted by molar-refractivity contribution is 5.77. The Morgan fingerprint density at radius 2 is 2.00 bits per heavy atom. The molecule has 1 aliphatic heterocycles. The van der Waals surface area contributed by atoms with Crippen LogP contribution in [0.25, 0.3) is 5.65 Å². The maximum atomic E-state index is 12.0. The average Bonchev–Trinajstić information content (AvgIpc) is 2.87. The maximum absolute atomic E-state index is 12.0. The summed E-state index contributed by atoms with van der Waals surface area (Å²) in [6.45, 7) is 8.19. The molecule has 0 spiro atoms. The third-order valence-electron chi connectivity index (χ3n) is 4.66. The molecule has 0 bridgehead atoms. The molecule has 1 amide bonds. The van der Waals surface area contributed by atoms with Crippen LogP contribution in [0.4, 0.5) is 5.69 Å². The smallest absolute Gasteiger partial charge is 0.236 e. The van der Waals surface area contributed by atoms with Gasteiger partial charge < -0.3 is 9.80 Å². The van der Waals surface area contributed by atoms with Crippen molar-refractivity contribution in [1.82, 2.24) is 29.6 Å². The maximum Gasteiger partial charge on any atom is 0.236 e. The highest BCUT2D eigenvalue weighted by atomic mass is 16.2. The fourth-order valence-corrected chi connectivity index (χ4v) is 3.10. The van der Waals surface area contributed by atoms with Crippen LogP contribution < -0.4 is 4.90 Å². The number of likely N-dealkylation sites (N-methyl/N-ethyl adjacent to an activating group) is 1. The van der Waals surface area contributed by atoms with E-state index in [1.54, 1.807) is 29.8 Å². The van der Waals surface area contributed by atoms with E-state index in [1.165, 1.54) is 0 Å². The fourth-order valence-electron chi connectivity index (χ4n) is 3.10. The first-order valence-corrected chi connectivity index (χ1v) is 8.32. The number of amides is 1. The minimum atomic E-state index is 0.152. The second kappa shape index (κ2) is 6.72. The largest absolute Gasteiger partial charge is 0.367 e. The molecule has 2 aromatic rings. The van der Waals surface area contributed by atoms with Gasteiger partial charge in [-0.3, -0.25) is 9.69 Å². The second-order valence-corrected chi connectivity index (χ2v) is 6.56. The van der Waals surface area contributed by atoms with Gasteiger partial charge in [-0.1, -0.05) is 0 Å². The Bertz CT molecular complexity index is 739. The topological polar surface area (TPSA) is 69.9 Å². The molecular formula is C16H25N7O. The molecule has 8 heteroatoms. The van der Waals surface area contributed by atoms with Crippen molar-refractivity contribution in [2.45, 2.75) is 20.3 Å². The quantitative estimate of drug-likeness (QED) is 0.808. The number of hydrogen-bond acceptors (Lipinski definition) is 6. The highest BCUT2D eigenvalue weighted by Gasteiger charge is 2.22. The predicted molar refractivity (Wildman–Crippen MR) is 92.2 cm³/mol. The lowest BCUT2D eigenvalue weighted by Gasteiger charge is -2.26. The molecular weight excluding hydrogens is 306 g/mol. The van der Waals surface area contributed by atoms with Crippen molar-refractivity contribution in [3.63, 3.8) is 0 Å². The van der Waals surface area contributed by atoms with Gasteiger partial charge in [-0.15, -0.1) is 10.2 Å². The first kappa shape index (κ1) is 16.6. The molecule has 0 aromatic carbocycles. The third-order valence-corrected chi connectivity index (χ3v) is 4.66. The first-order chi connectivity index (χ1) is 11.5. The number of aromatic nitrogens is 4. The lowest BCUT2D eigenvalue weighted by atomic mass is 10.2. The van der Waals surface area contributed by atoms with Crippen molar-refractivity contribution < 1.29 is 4.79 Å². The summed E-state index contributed by atoms with van der Waals surface area (Å²) in [6.07, 6.45) is 2.66. The van der Waals surface area contributed by atoms with E-state index < -0.39 is 0 Å². The number of fused-ring (bicyclic) bond motifs is 1.